The predicted molar refractivity (Wildman–Crippen MR) is 59.4 cm³/mol. The molecule has 0 aliphatic heterocycles. The quantitative estimate of drug-likeness (QED) is 0.814. The molecule has 2 rings (SSSR count). The van der Waals surface area contributed by atoms with Crippen LogP contribution >= 0.6 is 23.2 Å². The van der Waals surface area contributed by atoms with Gasteiger partial charge in [-0.15, -0.1) is 0 Å². The van der Waals surface area contributed by atoms with Crippen molar-refractivity contribution >= 4 is 29.1 Å². The Morgan fingerprint density at radius 2 is 2.20 bits per heavy atom. The zero-order valence-electron chi connectivity index (χ0n) is 8.18. The zero-order chi connectivity index (χ0) is 11.1. The van der Waals surface area contributed by atoms with Crippen LogP contribution in [0, 0.1) is 0 Å². The van der Waals surface area contributed by atoms with Crippen molar-refractivity contribution in [2.24, 2.45) is 0 Å². The van der Waals surface area contributed by atoms with E-state index in [0.717, 1.165) is 12.8 Å². The highest BCUT2D eigenvalue weighted by Gasteiger charge is 2.39. The molecule has 1 aromatic rings. The second-order valence-electron chi connectivity index (χ2n) is 4.00. The molecule has 1 aliphatic carbocycles. The molecule has 0 radical (unpaired) electrons. The van der Waals surface area contributed by atoms with Gasteiger partial charge in [0.05, 0.1) is 10.6 Å². The summed E-state index contributed by atoms with van der Waals surface area (Å²) in [6, 6.07) is 1.48. The first kappa shape index (κ1) is 10.7. The van der Waals surface area contributed by atoms with Gasteiger partial charge in [0.15, 0.2) is 0 Å². The first-order chi connectivity index (χ1) is 7.00. The molecule has 0 bridgehead atoms. The molecule has 1 fully saturated rings. The van der Waals surface area contributed by atoms with Crippen LogP contribution in [0.2, 0.25) is 10.2 Å². The highest BCUT2D eigenvalue weighted by atomic mass is 35.5. The van der Waals surface area contributed by atoms with E-state index < -0.39 is 0 Å². The average Bonchev–Trinajstić information content (AvgIpc) is 2.87. The van der Waals surface area contributed by atoms with E-state index in [4.69, 9.17) is 23.2 Å². The van der Waals surface area contributed by atoms with Gasteiger partial charge in [0, 0.05) is 11.7 Å². The van der Waals surface area contributed by atoms with E-state index in [2.05, 4.69) is 10.3 Å². The molecule has 1 saturated carbocycles. The van der Waals surface area contributed by atoms with Crippen LogP contribution in [0.25, 0.3) is 0 Å². The lowest BCUT2D eigenvalue weighted by atomic mass is 10.2. The van der Waals surface area contributed by atoms with Gasteiger partial charge < -0.3 is 5.32 Å². The predicted octanol–water partition coefficient (Wildman–Crippen LogP) is 2.67. The number of carbonyl (C=O) groups excluding carboxylic acids is 1. The number of nitrogens with one attached hydrogen (secondary N) is 1. The van der Waals surface area contributed by atoms with E-state index in [1.165, 1.54) is 12.3 Å². The van der Waals surface area contributed by atoms with Crippen molar-refractivity contribution < 1.29 is 4.79 Å². The first-order valence-electron chi connectivity index (χ1n) is 4.64. The van der Waals surface area contributed by atoms with Crippen LogP contribution in [0.4, 0.5) is 0 Å². The van der Waals surface area contributed by atoms with Gasteiger partial charge in [-0.05, 0) is 25.8 Å². The van der Waals surface area contributed by atoms with Gasteiger partial charge in [-0.2, -0.15) is 0 Å². The third-order valence-corrected chi connectivity index (χ3v) is 2.99. The normalized spacial score (nSPS) is 17.3. The van der Waals surface area contributed by atoms with Crippen LogP contribution in [0.1, 0.15) is 30.1 Å². The van der Waals surface area contributed by atoms with Crippen molar-refractivity contribution in [3.05, 3.63) is 28.0 Å². The molecule has 0 aromatic carbocycles. The molecule has 0 spiro atoms. The average molecular weight is 245 g/mol. The Hall–Kier alpha value is -0.800. The summed E-state index contributed by atoms with van der Waals surface area (Å²) in [6.45, 7) is 2.00. The zero-order valence-corrected chi connectivity index (χ0v) is 9.69. The molecule has 15 heavy (non-hydrogen) atoms. The lowest BCUT2D eigenvalue weighted by Gasteiger charge is -2.12. The number of rotatable bonds is 2. The third-order valence-electron chi connectivity index (χ3n) is 2.48. The molecule has 1 N–H and O–H groups in total. The first-order valence-corrected chi connectivity index (χ1v) is 5.39. The Labute approximate surface area is 97.8 Å². The molecule has 80 valence electrons. The maximum absolute atomic E-state index is 11.8. The topological polar surface area (TPSA) is 42.0 Å². The number of hydrogen-bond acceptors (Lipinski definition) is 2. The number of hydrogen-bond donors (Lipinski definition) is 1. The fourth-order valence-electron chi connectivity index (χ4n) is 1.24. The minimum atomic E-state index is -0.190. The molecule has 3 nitrogen and oxygen atoms in total. The van der Waals surface area contributed by atoms with E-state index >= 15 is 0 Å². The highest BCUT2D eigenvalue weighted by molar-refractivity contribution is 6.35. The minimum Gasteiger partial charge on any atom is -0.347 e. The van der Waals surface area contributed by atoms with Gasteiger partial charge in [0.1, 0.15) is 5.15 Å². The van der Waals surface area contributed by atoms with Crippen molar-refractivity contribution in [1.82, 2.24) is 10.3 Å². The second-order valence-corrected chi connectivity index (χ2v) is 4.80. The van der Waals surface area contributed by atoms with Crippen LogP contribution in [-0.2, 0) is 0 Å². The Morgan fingerprint density at radius 3 is 2.80 bits per heavy atom. The van der Waals surface area contributed by atoms with Gasteiger partial charge in [0.25, 0.3) is 5.91 Å². The minimum absolute atomic E-state index is 0.0594. The summed E-state index contributed by atoms with van der Waals surface area (Å²) in [7, 11) is 0. The van der Waals surface area contributed by atoms with Crippen molar-refractivity contribution in [3.8, 4) is 0 Å². The van der Waals surface area contributed by atoms with Crippen molar-refractivity contribution in [1.29, 1.82) is 0 Å². The van der Waals surface area contributed by atoms with Gasteiger partial charge in [-0.1, -0.05) is 23.2 Å². The number of aromatic nitrogens is 1. The van der Waals surface area contributed by atoms with Crippen LogP contribution in [0.3, 0.4) is 0 Å². The maximum atomic E-state index is 11.8. The highest BCUT2D eigenvalue weighted by Crippen LogP contribution is 2.34. The van der Waals surface area contributed by atoms with E-state index in [-0.39, 0.29) is 16.6 Å². The molecule has 1 aromatic heterocycles. The molecule has 0 saturated heterocycles. The third kappa shape index (κ3) is 2.41. The summed E-state index contributed by atoms with van der Waals surface area (Å²) in [5, 5.41) is 3.49. The molecule has 0 unspecified atom stereocenters. The van der Waals surface area contributed by atoms with E-state index in [0.29, 0.717) is 10.6 Å². The Balaban J connectivity index is 2.21. The van der Waals surface area contributed by atoms with Gasteiger partial charge in [-0.3, -0.25) is 4.79 Å². The summed E-state index contributed by atoms with van der Waals surface area (Å²) in [5.41, 5.74) is 0.320. The van der Waals surface area contributed by atoms with E-state index in [1.54, 1.807) is 0 Å². The Morgan fingerprint density at radius 1 is 1.53 bits per heavy atom. The van der Waals surface area contributed by atoms with E-state index in [1.807, 2.05) is 6.92 Å². The fourth-order valence-corrected chi connectivity index (χ4v) is 1.59. The van der Waals surface area contributed by atoms with Gasteiger partial charge >= 0.3 is 0 Å². The molecular formula is C10H10Cl2N2O. The van der Waals surface area contributed by atoms with Gasteiger partial charge in [0.2, 0.25) is 0 Å². The fraction of sp³-hybridized carbons (Fsp3) is 0.400. The van der Waals surface area contributed by atoms with Crippen molar-refractivity contribution in [3.63, 3.8) is 0 Å². The van der Waals surface area contributed by atoms with Crippen molar-refractivity contribution in [2.45, 2.75) is 25.3 Å². The number of nitrogens with zero attached hydrogens (tertiary/aromatic N) is 1. The van der Waals surface area contributed by atoms with Crippen LogP contribution in [0.5, 0.6) is 0 Å². The Bertz CT molecular complexity index is 416. The molecule has 1 amide bonds. The lowest BCUT2D eigenvalue weighted by Crippen LogP contribution is -2.34. The SMILES string of the molecule is CC1(NC(=O)c2cc(Cl)ncc2Cl)CC1. The molecule has 5 heteroatoms. The van der Waals surface area contributed by atoms with Crippen molar-refractivity contribution in [2.75, 3.05) is 0 Å². The number of amides is 1. The second kappa shape index (κ2) is 3.65. The lowest BCUT2D eigenvalue weighted by molar-refractivity contribution is 0.0935. The summed E-state index contributed by atoms with van der Waals surface area (Å²) in [5.74, 6) is -0.190. The summed E-state index contributed by atoms with van der Waals surface area (Å²) >= 11 is 11.6. The number of pyridine rings is 1. The molecular weight excluding hydrogens is 235 g/mol. The smallest absolute Gasteiger partial charge is 0.253 e. The largest absolute Gasteiger partial charge is 0.347 e. The van der Waals surface area contributed by atoms with Gasteiger partial charge in [-0.25, -0.2) is 4.98 Å². The van der Waals surface area contributed by atoms with E-state index in [9.17, 15) is 4.79 Å². The van der Waals surface area contributed by atoms with Crippen LogP contribution in [0.15, 0.2) is 12.3 Å². The van der Waals surface area contributed by atoms with Crippen LogP contribution < -0.4 is 5.32 Å². The number of halogens is 2. The number of carbonyl (C=O) groups is 1. The van der Waals surface area contributed by atoms with Crippen LogP contribution in [-0.4, -0.2) is 16.4 Å². The molecule has 1 heterocycles. The standard InChI is InChI=1S/C10H10Cl2N2O/c1-10(2-3-10)14-9(15)6-4-8(12)13-5-7(6)11/h4-5H,2-3H2,1H3,(H,14,15). The summed E-state index contributed by atoms with van der Waals surface area (Å²) < 4.78 is 0. The monoisotopic (exact) mass is 244 g/mol. The molecule has 1 aliphatic rings. The summed E-state index contributed by atoms with van der Waals surface area (Å²) in [4.78, 5) is 15.6. The Kier molecular flexibility index (Phi) is 2.61. The molecule has 0 atom stereocenters. The summed E-state index contributed by atoms with van der Waals surface area (Å²) in [6.07, 6.45) is 3.40. The maximum Gasteiger partial charge on any atom is 0.253 e.